The highest BCUT2D eigenvalue weighted by Gasteiger charge is 2.06. The maximum absolute atomic E-state index is 10.6. The molecule has 1 heterocycles. The van der Waals surface area contributed by atoms with E-state index in [1.54, 1.807) is 18.3 Å². The number of benzene rings is 1. The smallest absolute Gasteiger partial charge is 0.258 e. The number of aromatic nitrogens is 1. The summed E-state index contributed by atoms with van der Waals surface area (Å²) < 4.78 is 0. The highest BCUT2D eigenvalue weighted by Crippen LogP contribution is 2.28. The van der Waals surface area contributed by atoms with Crippen molar-refractivity contribution in [1.82, 2.24) is 4.98 Å². The quantitative estimate of drug-likeness (QED) is 0.602. The van der Waals surface area contributed by atoms with Crippen LogP contribution in [0.15, 0.2) is 58.6 Å². The first-order valence-corrected chi connectivity index (χ1v) is 5.41. The van der Waals surface area contributed by atoms with E-state index in [9.17, 15) is 10.1 Å². The normalized spacial score (nSPS) is 10.0. The van der Waals surface area contributed by atoms with Gasteiger partial charge < -0.3 is 0 Å². The average Bonchev–Trinajstić information content (AvgIpc) is 2.30. The lowest BCUT2D eigenvalue weighted by Crippen LogP contribution is -1.87. The molecule has 0 aliphatic rings. The summed E-state index contributed by atoms with van der Waals surface area (Å²) in [6, 6.07) is 12.1. The van der Waals surface area contributed by atoms with Crippen molar-refractivity contribution in [2.24, 2.45) is 0 Å². The first-order valence-electron chi connectivity index (χ1n) is 4.59. The van der Waals surface area contributed by atoms with Gasteiger partial charge in [-0.1, -0.05) is 23.9 Å². The fraction of sp³-hybridized carbons (Fsp3) is 0. The van der Waals surface area contributed by atoms with Crippen molar-refractivity contribution < 1.29 is 4.92 Å². The molecule has 0 saturated heterocycles. The van der Waals surface area contributed by atoms with Gasteiger partial charge in [0.1, 0.15) is 5.03 Å². The van der Waals surface area contributed by atoms with E-state index in [1.165, 1.54) is 17.8 Å². The van der Waals surface area contributed by atoms with E-state index < -0.39 is 4.92 Å². The molecule has 5 heteroatoms. The standard InChI is InChI=1S/C11H8N2O2S/c14-13(15)9-4-3-5-10(8-9)16-11-6-1-2-7-12-11/h1-8H. The Bertz CT molecular complexity index is 502. The molecule has 0 radical (unpaired) electrons. The van der Waals surface area contributed by atoms with Gasteiger partial charge in [-0.15, -0.1) is 0 Å². The van der Waals surface area contributed by atoms with Gasteiger partial charge in [0.2, 0.25) is 0 Å². The number of non-ortho nitro benzene ring substituents is 1. The Kier molecular flexibility index (Phi) is 3.16. The van der Waals surface area contributed by atoms with E-state index >= 15 is 0 Å². The maximum atomic E-state index is 10.6. The Morgan fingerprint density at radius 1 is 1.19 bits per heavy atom. The molecular weight excluding hydrogens is 224 g/mol. The number of rotatable bonds is 3. The Morgan fingerprint density at radius 2 is 2.06 bits per heavy atom. The van der Waals surface area contributed by atoms with Crippen LogP contribution in [-0.2, 0) is 0 Å². The minimum atomic E-state index is -0.400. The van der Waals surface area contributed by atoms with E-state index in [0.29, 0.717) is 0 Å². The predicted octanol–water partition coefficient (Wildman–Crippen LogP) is 3.14. The van der Waals surface area contributed by atoms with Crippen LogP contribution in [0, 0.1) is 10.1 Å². The largest absolute Gasteiger partial charge is 0.270 e. The summed E-state index contributed by atoms with van der Waals surface area (Å²) >= 11 is 1.40. The molecule has 0 aliphatic heterocycles. The molecule has 16 heavy (non-hydrogen) atoms. The third kappa shape index (κ3) is 2.58. The molecular formula is C11H8N2O2S. The van der Waals surface area contributed by atoms with Crippen LogP contribution in [0.3, 0.4) is 0 Å². The number of pyridine rings is 1. The third-order valence-electron chi connectivity index (χ3n) is 1.89. The van der Waals surface area contributed by atoms with Crippen molar-refractivity contribution in [3.8, 4) is 0 Å². The van der Waals surface area contributed by atoms with Crippen LogP contribution in [0.4, 0.5) is 5.69 Å². The first kappa shape index (κ1) is 10.6. The number of hydrogen-bond donors (Lipinski definition) is 0. The summed E-state index contributed by atoms with van der Waals surface area (Å²) in [7, 11) is 0. The predicted molar refractivity (Wildman–Crippen MR) is 61.5 cm³/mol. The van der Waals surface area contributed by atoms with E-state index in [0.717, 1.165) is 9.92 Å². The fourth-order valence-electron chi connectivity index (χ4n) is 1.19. The van der Waals surface area contributed by atoms with Gasteiger partial charge in [-0.2, -0.15) is 0 Å². The van der Waals surface area contributed by atoms with Gasteiger partial charge in [-0.3, -0.25) is 10.1 Å². The van der Waals surface area contributed by atoms with Crippen molar-refractivity contribution in [3.05, 3.63) is 58.8 Å². The molecule has 0 saturated carbocycles. The molecule has 0 spiro atoms. The van der Waals surface area contributed by atoms with Crippen molar-refractivity contribution in [1.29, 1.82) is 0 Å². The molecule has 2 rings (SSSR count). The number of nitro benzene ring substituents is 1. The zero-order valence-corrected chi connectivity index (χ0v) is 9.05. The summed E-state index contributed by atoms with van der Waals surface area (Å²) in [6.07, 6.45) is 1.69. The Morgan fingerprint density at radius 3 is 2.75 bits per heavy atom. The van der Waals surface area contributed by atoms with Crippen molar-refractivity contribution in [3.63, 3.8) is 0 Å². The van der Waals surface area contributed by atoms with Gasteiger partial charge in [0.25, 0.3) is 5.69 Å². The van der Waals surface area contributed by atoms with E-state index in [1.807, 2.05) is 24.3 Å². The molecule has 2 aromatic rings. The molecule has 0 atom stereocenters. The summed E-state index contributed by atoms with van der Waals surface area (Å²) in [4.78, 5) is 15.1. The molecule has 0 aliphatic carbocycles. The second-order valence-electron chi connectivity index (χ2n) is 3.02. The molecule has 0 bridgehead atoms. The summed E-state index contributed by atoms with van der Waals surface area (Å²) in [6.45, 7) is 0. The topological polar surface area (TPSA) is 56.0 Å². The molecule has 1 aromatic carbocycles. The van der Waals surface area contributed by atoms with Gasteiger partial charge in [0.05, 0.1) is 4.92 Å². The van der Waals surface area contributed by atoms with E-state index in [4.69, 9.17) is 0 Å². The van der Waals surface area contributed by atoms with Crippen molar-refractivity contribution in [2.45, 2.75) is 9.92 Å². The summed E-state index contributed by atoms with van der Waals surface area (Å²) in [5.41, 5.74) is 0.0981. The van der Waals surface area contributed by atoms with Crippen LogP contribution < -0.4 is 0 Å². The molecule has 4 nitrogen and oxygen atoms in total. The minimum absolute atomic E-state index is 0.0981. The lowest BCUT2D eigenvalue weighted by Gasteiger charge is -1.99. The van der Waals surface area contributed by atoms with Gasteiger partial charge >= 0.3 is 0 Å². The van der Waals surface area contributed by atoms with Gasteiger partial charge in [-0.05, 0) is 18.2 Å². The van der Waals surface area contributed by atoms with Gasteiger partial charge in [0, 0.05) is 23.2 Å². The first-order chi connectivity index (χ1) is 7.75. The van der Waals surface area contributed by atoms with Crippen LogP contribution in [0.25, 0.3) is 0 Å². The zero-order valence-electron chi connectivity index (χ0n) is 8.24. The number of hydrogen-bond acceptors (Lipinski definition) is 4. The maximum Gasteiger partial charge on any atom is 0.270 e. The molecule has 0 fully saturated rings. The van der Waals surface area contributed by atoms with E-state index in [-0.39, 0.29) is 5.69 Å². The minimum Gasteiger partial charge on any atom is -0.258 e. The number of nitrogens with zero attached hydrogens (tertiary/aromatic N) is 2. The summed E-state index contributed by atoms with van der Waals surface area (Å²) in [5, 5.41) is 11.4. The SMILES string of the molecule is O=[N+]([O-])c1cccc(Sc2ccccn2)c1. The fourth-order valence-corrected chi connectivity index (χ4v) is 2.02. The zero-order chi connectivity index (χ0) is 11.4. The van der Waals surface area contributed by atoms with Crippen LogP contribution in [-0.4, -0.2) is 9.91 Å². The van der Waals surface area contributed by atoms with E-state index in [2.05, 4.69) is 4.98 Å². The van der Waals surface area contributed by atoms with Crippen LogP contribution in [0.2, 0.25) is 0 Å². The third-order valence-corrected chi connectivity index (χ3v) is 2.83. The molecule has 0 amide bonds. The Balaban J connectivity index is 2.22. The molecule has 1 aromatic heterocycles. The lowest BCUT2D eigenvalue weighted by atomic mass is 10.3. The van der Waals surface area contributed by atoms with Crippen LogP contribution in [0.1, 0.15) is 0 Å². The second kappa shape index (κ2) is 4.76. The number of nitro groups is 1. The Labute approximate surface area is 96.5 Å². The monoisotopic (exact) mass is 232 g/mol. The highest BCUT2D eigenvalue weighted by molar-refractivity contribution is 7.99. The second-order valence-corrected chi connectivity index (χ2v) is 4.12. The highest BCUT2D eigenvalue weighted by atomic mass is 32.2. The lowest BCUT2D eigenvalue weighted by molar-refractivity contribution is -0.385. The summed E-state index contributed by atoms with van der Waals surface area (Å²) in [5.74, 6) is 0. The average molecular weight is 232 g/mol. The van der Waals surface area contributed by atoms with Crippen LogP contribution in [0.5, 0.6) is 0 Å². The van der Waals surface area contributed by atoms with Crippen LogP contribution >= 0.6 is 11.8 Å². The Hall–Kier alpha value is -1.88. The molecule has 0 N–H and O–H groups in total. The van der Waals surface area contributed by atoms with Crippen molar-refractivity contribution >= 4 is 17.4 Å². The van der Waals surface area contributed by atoms with Gasteiger partial charge in [0.15, 0.2) is 0 Å². The molecule has 80 valence electrons. The molecule has 0 unspecified atom stereocenters. The van der Waals surface area contributed by atoms with Gasteiger partial charge in [-0.25, -0.2) is 4.98 Å². The van der Waals surface area contributed by atoms with Crippen molar-refractivity contribution in [2.75, 3.05) is 0 Å².